The summed E-state index contributed by atoms with van der Waals surface area (Å²) in [6, 6.07) is 3.88. The molecule has 0 aliphatic carbocycles. The fourth-order valence-corrected chi connectivity index (χ4v) is 3.04. The molecule has 6 nitrogen and oxygen atoms in total. The van der Waals surface area contributed by atoms with E-state index in [0.29, 0.717) is 5.92 Å². The van der Waals surface area contributed by atoms with Crippen LogP contribution < -0.4 is 5.73 Å². The Kier molecular flexibility index (Phi) is 3.31. The molecule has 4 heterocycles. The molecule has 0 atom stereocenters. The van der Waals surface area contributed by atoms with Crippen molar-refractivity contribution in [2.45, 2.75) is 6.54 Å². The van der Waals surface area contributed by atoms with Crippen LogP contribution in [0.25, 0.3) is 22.2 Å². The number of rotatable bonds is 3. The molecule has 1 saturated heterocycles. The van der Waals surface area contributed by atoms with Crippen molar-refractivity contribution in [3.63, 3.8) is 0 Å². The number of nitrogens with two attached hydrogens (primary N) is 1. The third kappa shape index (κ3) is 2.36. The molecule has 1 fully saturated rings. The van der Waals surface area contributed by atoms with Gasteiger partial charge in [-0.2, -0.15) is 0 Å². The van der Waals surface area contributed by atoms with Crippen LogP contribution in [0.5, 0.6) is 0 Å². The number of hydrogen-bond acceptors (Lipinski definition) is 5. The van der Waals surface area contributed by atoms with Crippen molar-refractivity contribution in [1.29, 1.82) is 0 Å². The zero-order valence-corrected chi connectivity index (χ0v) is 13.3. The van der Waals surface area contributed by atoms with Crippen molar-refractivity contribution in [2.75, 3.05) is 18.9 Å². The largest absolute Gasteiger partial charge is 0.381 e. The van der Waals surface area contributed by atoms with Crippen LogP contribution in [0.15, 0.2) is 35.3 Å². The third-order valence-corrected chi connectivity index (χ3v) is 4.28. The van der Waals surface area contributed by atoms with Crippen LogP contribution in [-0.2, 0) is 11.3 Å². The van der Waals surface area contributed by atoms with Gasteiger partial charge in [-0.15, -0.1) is 0 Å². The maximum atomic E-state index is 5.72. The smallest absolute Gasteiger partial charge is 0.220 e. The molecule has 2 N–H and O–H groups in total. The highest BCUT2D eigenvalue weighted by atomic mass is 79.9. The van der Waals surface area contributed by atoms with Crippen LogP contribution in [0.3, 0.4) is 0 Å². The second kappa shape index (κ2) is 5.33. The van der Waals surface area contributed by atoms with E-state index in [2.05, 4.69) is 41.6 Å². The molecule has 4 rings (SSSR count). The zero-order chi connectivity index (χ0) is 15.1. The molecule has 0 amide bonds. The number of fused-ring (bicyclic) bond motifs is 1. The molecule has 3 aromatic rings. The van der Waals surface area contributed by atoms with E-state index in [1.165, 1.54) is 0 Å². The maximum Gasteiger partial charge on any atom is 0.220 e. The lowest BCUT2D eigenvalue weighted by atomic mass is 10.1. The van der Waals surface area contributed by atoms with Crippen molar-refractivity contribution in [2.24, 2.45) is 5.92 Å². The second-order valence-electron chi connectivity index (χ2n) is 5.42. The summed E-state index contributed by atoms with van der Waals surface area (Å²) in [5, 5.41) is 1.10. The van der Waals surface area contributed by atoms with Crippen molar-refractivity contribution in [1.82, 2.24) is 19.5 Å². The number of hydrogen-bond donors (Lipinski definition) is 1. The summed E-state index contributed by atoms with van der Waals surface area (Å²) in [6.45, 7) is 2.55. The molecule has 0 unspecified atom stereocenters. The predicted molar refractivity (Wildman–Crippen MR) is 87.2 cm³/mol. The van der Waals surface area contributed by atoms with E-state index in [4.69, 9.17) is 10.5 Å². The number of aromatic nitrogens is 4. The highest BCUT2D eigenvalue weighted by Gasteiger charge is 2.21. The Morgan fingerprint density at radius 2 is 2.23 bits per heavy atom. The van der Waals surface area contributed by atoms with Gasteiger partial charge in [0.25, 0.3) is 0 Å². The minimum absolute atomic E-state index is 0.277. The van der Waals surface area contributed by atoms with Crippen molar-refractivity contribution in [3.05, 3.63) is 35.3 Å². The van der Waals surface area contributed by atoms with E-state index < -0.39 is 0 Å². The lowest BCUT2D eigenvalue weighted by molar-refractivity contribution is -0.0388. The summed E-state index contributed by atoms with van der Waals surface area (Å²) in [7, 11) is 0. The predicted octanol–water partition coefficient (Wildman–Crippen LogP) is 2.48. The molecule has 0 spiro atoms. The van der Waals surface area contributed by atoms with E-state index >= 15 is 0 Å². The van der Waals surface area contributed by atoms with Gasteiger partial charge >= 0.3 is 0 Å². The number of anilines is 1. The molecular weight excluding hydrogens is 346 g/mol. The first-order chi connectivity index (χ1) is 10.7. The summed E-state index contributed by atoms with van der Waals surface area (Å²) in [5.74, 6) is 0.835. The number of pyridine rings is 1. The van der Waals surface area contributed by atoms with E-state index in [9.17, 15) is 0 Å². The highest BCUT2D eigenvalue weighted by Crippen LogP contribution is 2.31. The molecule has 0 saturated carbocycles. The molecule has 7 heteroatoms. The van der Waals surface area contributed by atoms with Crippen LogP contribution in [-0.4, -0.2) is 32.7 Å². The van der Waals surface area contributed by atoms with Crippen LogP contribution >= 0.6 is 15.9 Å². The number of nitrogen functional groups attached to an aromatic ring is 1. The fourth-order valence-electron chi connectivity index (χ4n) is 2.71. The molecule has 0 aromatic carbocycles. The average molecular weight is 360 g/mol. The van der Waals surface area contributed by atoms with Gasteiger partial charge in [0.1, 0.15) is 4.60 Å². The van der Waals surface area contributed by atoms with E-state index in [-0.39, 0.29) is 5.95 Å². The minimum Gasteiger partial charge on any atom is -0.381 e. The molecule has 3 aromatic heterocycles. The fraction of sp³-hybridized carbons (Fsp3) is 0.267. The van der Waals surface area contributed by atoms with Gasteiger partial charge in [0.2, 0.25) is 5.95 Å². The normalized spacial score (nSPS) is 15.1. The van der Waals surface area contributed by atoms with Crippen LogP contribution in [0.2, 0.25) is 0 Å². The van der Waals surface area contributed by atoms with Gasteiger partial charge in [0, 0.05) is 35.8 Å². The Hall–Kier alpha value is -1.99. The summed E-state index contributed by atoms with van der Waals surface area (Å²) >= 11 is 3.44. The van der Waals surface area contributed by atoms with Crippen LogP contribution in [0.4, 0.5) is 5.95 Å². The van der Waals surface area contributed by atoms with Crippen LogP contribution in [0.1, 0.15) is 0 Å². The monoisotopic (exact) mass is 359 g/mol. The maximum absolute atomic E-state index is 5.72. The number of halogens is 1. The van der Waals surface area contributed by atoms with Crippen molar-refractivity contribution >= 4 is 32.8 Å². The van der Waals surface area contributed by atoms with Crippen LogP contribution in [0, 0.1) is 5.92 Å². The Labute approximate surface area is 135 Å². The van der Waals surface area contributed by atoms with Crippen molar-refractivity contribution in [3.8, 4) is 11.3 Å². The van der Waals surface area contributed by atoms with Gasteiger partial charge in [0.05, 0.1) is 30.6 Å². The molecule has 22 heavy (non-hydrogen) atoms. The minimum atomic E-state index is 0.277. The standard InChI is InChI=1S/C15H14BrN5O/c16-14-3-10-11(12-1-2-18-15(17)20-12)6-21(13(10)4-19-14)5-9-7-22-8-9/h1-4,6,9H,5,7-8H2,(H2,17,18,20). The van der Waals surface area contributed by atoms with Gasteiger partial charge in [-0.1, -0.05) is 0 Å². The number of nitrogens with zero attached hydrogens (tertiary/aromatic N) is 4. The average Bonchev–Trinajstić information content (AvgIpc) is 2.81. The SMILES string of the molecule is Nc1nccc(-c2cn(CC3COC3)c3cnc(Br)cc23)n1. The Balaban J connectivity index is 1.87. The van der Waals surface area contributed by atoms with Gasteiger partial charge in [0.15, 0.2) is 0 Å². The third-order valence-electron chi connectivity index (χ3n) is 3.85. The van der Waals surface area contributed by atoms with Gasteiger partial charge < -0.3 is 15.0 Å². The Morgan fingerprint density at radius 1 is 1.36 bits per heavy atom. The van der Waals surface area contributed by atoms with E-state index in [1.54, 1.807) is 6.20 Å². The van der Waals surface area contributed by atoms with Crippen molar-refractivity contribution < 1.29 is 4.74 Å². The summed E-state index contributed by atoms with van der Waals surface area (Å²) < 4.78 is 8.29. The zero-order valence-electron chi connectivity index (χ0n) is 11.7. The topological polar surface area (TPSA) is 78.8 Å². The molecule has 0 radical (unpaired) electrons. The first kappa shape index (κ1) is 13.7. The highest BCUT2D eigenvalue weighted by molar-refractivity contribution is 9.10. The first-order valence-corrected chi connectivity index (χ1v) is 7.81. The molecule has 1 aliphatic heterocycles. The lowest BCUT2D eigenvalue weighted by Crippen LogP contribution is -2.31. The van der Waals surface area contributed by atoms with E-state index in [1.807, 2.05) is 18.3 Å². The Morgan fingerprint density at radius 3 is 2.95 bits per heavy atom. The van der Waals surface area contributed by atoms with Gasteiger partial charge in [-0.25, -0.2) is 15.0 Å². The second-order valence-corrected chi connectivity index (χ2v) is 6.24. The van der Waals surface area contributed by atoms with Gasteiger partial charge in [-0.05, 0) is 28.1 Å². The quantitative estimate of drug-likeness (QED) is 0.726. The molecule has 1 aliphatic rings. The molecular formula is C15H14BrN5O. The van der Waals surface area contributed by atoms with E-state index in [0.717, 1.165) is 46.5 Å². The molecule has 0 bridgehead atoms. The molecule has 112 valence electrons. The summed E-state index contributed by atoms with van der Waals surface area (Å²) in [5.41, 5.74) is 8.66. The summed E-state index contributed by atoms with van der Waals surface area (Å²) in [4.78, 5) is 12.7. The van der Waals surface area contributed by atoms with Gasteiger partial charge in [-0.3, -0.25) is 0 Å². The number of ether oxygens (including phenoxy) is 1. The first-order valence-electron chi connectivity index (χ1n) is 7.02. The Bertz CT molecular complexity index is 843. The lowest BCUT2D eigenvalue weighted by Gasteiger charge is -2.26. The summed E-state index contributed by atoms with van der Waals surface area (Å²) in [6.07, 6.45) is 5.67.